The van der Waals surface area contributed by atoms with Crippen LogP contribution in [0.2, 0.25) is 0 Å². The molecule has 0 bridgehead atoms. The monoisotopic (exact) mass is 644 g/mol. The van der Waals surface area contributed by atoms with Crippen LogP contribution in [-0.2, 0) is 44.6 Å². The number of carbonyl (C=O) groups is 1. The molecule has 1 fully saturated rings. The van der Waals surface area contributed by atoms with Gasteiger partial charge in [0.2, 0.25) is 0 Å². The number of nitrogens with zero attached hydrogens (tertiary/aromatic N) is 1. The number of benzene rings is 2. The van der Waals surface area contributed by atoms with Crippen molar-refractivity contribution in [3.05, 3.63) is 59.7 Å². The number of aliphatic hydroxyl groups excluding tert-OH is 1. The number of hydroxylamine groups is 2. The highest BCUT2D eigenvalue weighted by Crippen LogP contribution is 2.50. The molecule has 0 spiro atoms. The van der Waals surface area contributed by atoms with Crippen LogP contribution in [0.5, 0.6) is 0 Å². The van der Waals surface area contributed by atoms with Gasteiger partial charge in [0, 0.05) is 12.5 Å². The summed E-state index contributed by atoms with van der Waals surface area (Å²) in [6.45, 7) is 7.50. The lowest BCUT2D eigenvalue weighted by Gasteiger charge is -2.44. The minimum absolute atomic E-state index is 0.00413. The fraction of sp³-hybridized carbons (Fsp3) is 0.536. The lowest BCUT2D eigenvalue weighted by Crippen LogP contribution is -2.63. The number of carbonyl (C=O) groups excluding carboxylic acids is 1. The highest BCUT2D eigenvalue weighted by atomic mass is 32.2. The molecule has 2 aromatic rings. The maximum Gasteiger partial charge on any atom is 0.560 e. The molecule has 3 N–H and O–H groups in total. The van der Waals surface area contributed by atoms with E-state index in [4.69, 9.17) is 19.3 Å². The molecule has 1 aliphatic rings. The molecule has 240 valence electrons. The molecule has 0 radical (unpaired) electrons. The maximum atomic E-state index is 12.9. The third-order valence-electron chi connectivity index (χ3n) is 6.91. The van der Waals surface area contributed by atoms with Gasteiger partial charge in [-0.25, -0.2) is 16.8 Å². The van der Waals surface area contributed by atoms with Gasteiger partial charge >= 0.3 is 6.16 Å². The summed E-state index contributed by atoms with van der Waals surface area (Å²) in [5.74, 6) is 0. The van der Waals surface area contributed by atoms with Crippen LogP contribution in [-0.4, -0.2) is 87.8 Å². The van der Waals surface area contributed by atoms with Crippen LogP contribution in [0.1, 0.15) is 51.8 Å². The molecular weight excluding hydrogens is 604 g/mol. The van der Waals surface area contributed by atoms with Gasteiger partial charge in [-0.05, 0) is 77.1 Å². The average Bonchev–Trinajstić information content (AvgIpc) is 3.17. The van der Waals surface area contributed by atoms with Crippen LogP contribution in [0.4, 0.5) is 4.79 Å². The van der Waals surface area contributed by atoms with Crippen molar-refractivity contribution in [1.29, 1.82) is 0 Å². The van der Waals surface area contributed by atoms with Crippen molar-refractivity contribution in [2.24, 2.45) is 0 Å². The van der Waals surface area contributed by atoms with E-state index in [1.54, 1.807) is 34.6 Å². The highest BCUT2D eigenvalue weighted by Gasteiger charge is 2.62. The summed E-state index contributed by atoms with van der Waals surface area (Å²) in [7, 11) is -5.60. The van der Waals surface area contributed by atoms with E-state index < -0.39 is 67.6 Å². The van der Waals surface area contributed by atoms with E-state index in [2.05, 4.69) is 5.32 Å². The van der Waals surface area contributed by atoms with Crippen LogP contribution in [0.15, 0.2) is 58.3 Å². The lowest BCUT2D eigenvalue weighted by atomic mass is 9.76. The second kappa shape index (κ2) is 12.4. The molecule has 1 saturated heterocycles. The van der Waals surface area contributed by atoms with Crippen molar-refractivity contribution in [2.75, 3.05) is 26.2 Å². The topological polar surface area (TPSA) is 178 Å². The quantitative estimate of drug-likeness (QED) is 0.254. The number of aliphatic hydroxyl groups is 2. The largest absolute Gasteiger partial charge is 0.560 e. The Morgan fingerprint density at radius 1 is 1.00 bits per heavy atom. The molecule has 0 saturated carbocycles. The zero-order valence-corrected chi connectivity index (χ0v) is 27.0. The number of rotatable bonds is 10. The molecule has 0 amide bonds. The predicted octanol–water partition coefficient (Wildman–Crippen LogP) is 2.24. The summed E-state index contributed by atoms with van der Waals surface area (Å²) < 4.78 is 54.9. The number of likely N-dealkylation sites (N-methyl/N-ethyl adjacent to an activating group) is 1. The fourth-order valence-electron chi connectivity index (χ4n) is 4.87. The van der Waals surface area contributed by atoms with E-state index in [9.17, 15) is 31.8 Å². The van der Waals surface area contributed by atoms with Crippen molar-refractivity contribution >= 4 is 25.8 Å². The third-order valence-corrected chi connectivity index (χ3v) is 9.17. The van der Waals surface area contributed by atoms with Crippen molar-refractivity contribution in [2.45, 2.75) is 79.5 Å². The average molecular weight is 645 g/mol. The molecule has 2 aromatic carbocycles. The van der Waals surface area contributed by atoms with Crippen LogP contribution in [0, 0.1) is 0 Å². The van der Waals surface area contributed by atoms with Gasteiger partial charge in [-0.1, -0.05) is 29.3 Å². The summed E-state index contributed by atoms with van der Waals surface area (Å²) in [4.78, 5) is 28.5. The van der Waals surface area contributed by atoms with Crippen LogP contribution >= 0.6 is 0 Å². The third kappa shape index (κ3) is 7.72. The normalized spacial score (nSPS) is 21.6. The summed E-state index contributed by atoms with van der Waals surface area (Å²) in [5.41, 5.74) is -3.87. The Morgan fingerprint density at radius 3 is 1.91 bits per heavy atom. The minimum atomic E-state index is -3.58. The molecule has 1 heterocycles. The Morgan fingerprint density at radius 2 is 1.49 bits per heavy atom. The van der Waals surface area contributed by atoms with Gasteiger partial charge in [0.25, 0.3) is 0 Å². The van der Waals surface area contributed by atoms with Gasteiger partial charge in [0.1, 0.15) is 29.1 Å². The number of hydrogen-bond acceptors (Lipinski definition) is 13. The van der Waals surface area contributed by atoms with Gasteiger partial charge in [0.15, 0.2) is 19.7 Å². The Hall–Kier alpha value is -2.63. The van der Waals surface area contributed by atoms with Crippen molar-refractivity contribution in [3.63, 3.8) is 0 Å². The standard InChI is InChI=1S/C28H40N2O11S2/c1-26(2,3)41-40-25(32)39-30-24(23(38-27(30,4)5)18-9-13-20(14-10-18)42(7,34)35)28(33,22(17-31)29-6)19-11-15-21(16-12-19)43(8,36)37/h9-16,22-24,29,31,33H,17H2,1-8H3. The van der Waals surface area contributed by atoms with E-state index in [-0.39, 0.29) is 15.4 Å². The molecule has 0 aliphatic carbocycles. The Balaban J connectivity index is 2.25. The molecule has 15 heteroatoms. The van der Waals surface area contributed by atoms with Crippen LogP contribution < -0.4 is 5.32 Å². The second-order valence-electron chi connectivity index (χ2n) is 11.9. The number of sulfone groups is 2. The minimum Gasteiger partial charge on any atom is -0.395 e. The lowest BCUT2D eigenvalue weighted by molar-refractivity contribution is -0.340. The molecule has 13 nitrogen and oxygen atoms in total. The van der Waals surface area contributed by atoms with E-state index in [1.165, 1.54) is 55.6 Å². The fourth-order valence-corrected chi connectivity index (χ4v) is 6.13. The predicted molar refractivity (Wildman–Crippen MR) is 155 cm³/mol. The Bertz CT molecular complexity index is 1500. The zero-order chi connectivity index (χ0) is 32.6. The van der Waals surface area contributed by atoms with Crippen molar-refractivity contribution in [3.8, 4) is 0 Å². The molecule has 4 atom stereocenters. The first-order chi connectivity index (χ1) is 19.6. The van der Waals surface area contributed by atoms with Crippen LogP contribution in [0.3, 0.4) is 0 Å². The van der Waals surface area contributed by atoms with E-state index in [0.717, 1.165) is 17.6 Å². The first-order valence-electron chi connectivity index (χ1n) is 13.3. The highest BCUT2D eigenvalue weighted by molar-refractivity contribution is 7.91. The Kier molecular flexibility index (Phi) is 10.1. The maximum absolute atomic E-state index is 12.9. The zero-order valence-electron chi connectivity index (χ0n) is 25.4. The smallest absolute Gasteiger partial charge is 0.395 e. The summed E-state index contributed by atoms with van der Waals surface area (Å²) >= 11 is 0. The SMILES string of the molecule is CNC(CO)C(O)(c1ccc(S(C)(=O)=O)cc1)C1C(c2ccc(S(C)(=O)=O)cc2)OC(C)(C)N1OC(=O)OOC(C)(C)C. The summed E-state index contributed by atoms with van der Waals surface area (Å²) in [6.07, 6.45) is -0.257. The summed E-state index contributed by atoms with van der Waals surface area (Å²) in [5, 5.41) is 27.1. The van der Waals surface area contributed by atoms with Gasteiger partial charge in [-0.2, -0.15) is 9.68 Å². The van der Waals surface area contributed by atoms with E-state index in [0.29, 0.717) is 5.56 Å². The molecule has 4 unspecified atom stereocenters. The van der Waals surface area contributed by atoms with Crippen molar-refractivity contribution in [1.82, 2.24) is 10.4 Å². The first kappa shape index (κ1) is 34.9. The molecule has 43 heavy (non-hydrogen) atoms. The van der Waals surface area contributed by atoms with Gasteiger partial charge in [-0.3, -0.25) is 4.89 Å². The van der Waals surface area contributed by atoms with Gasteiger partial charge in [0.05, 0.1) is 22.4 Å². The summed E-state index contributed by atoms with van der Waals surface area (Å²) in [6, 6.07) is 8.75. The molecule has 0 aromatic heterocycles. The number of hydrogen-bond donors (Lipinski definition) is 3. The van der Waals surface area contributed by atoms with Crippen molar-refractivity contribution < 1.29 is 51.2 Å². The van der Waals surface area contributed by atoms with Gasteiger partial charge < -0.3 is 25.1 Å². The molecule has 1 aliphatic heterocycles. The number of ether oxygens (including phenoxy) is 1. The number of nitrogens with one attached hydrogen (secondary N) is 1. The first-order valence-corrected chi connectivity index (χ1v) is 17.1. The van der Waals surface area contributed by atoms with E-state index in [1.807, 2.05) is 0 Å². The molecule has 3 rings (SSSR count). The Labute approximate surface area is 252 Å². The van der Waals surface area contributed by atoms with Gasteiger partial charge in [-0.15, -0.1) is 0 Å². The van der Waals surface area contributed by atoms with Crippen LogP contribution in [0.25, 0.3) is 0 Å². The molecular formula is C28H40N2O11S2. The van der Waals surface area contributed by atoms with E-state index >= 15 is 0 Å². The second-order valence-corrected chi connectivity index (χ2v) is 15.9.